The van der Waals surface area contributed by atoms with E-state index in [1.54, 1.807) is 6.92 Å². The Labute approximate surface area is 106 Å². The summed E-state index contributed by atoms with van der Waals surface area (Å²) in [5.41, 5.74) is 0. The van der Waals surface area contributed by atoms with Gasteiger partial charge in [0.25, 0.3) is 0 Å². The number of nitrogens with one attached hydrogen (secondary N) is 1. The largest absolute Gasteiger partial charge is 0.381 e. The van der Waals surface area contributed by atoms with Crippen LogP contribution in [-0.4, -0.2) is 46.2 Å². The molecule has 0 amide bonds. The van der Waals surface area contributed by atoms with E-state index in [-0.39, 0.29) is 5.75 Å². The number of hydrogen-bond donors (Lipinski definition) is 1. The monoisotopic (exact) mass is 265 g/mol. The summed E-state index contributed by atoms with van der Waals surface area (Å²) in [6.07, 6.45) is 3.99. The Hall–Kier alpha value is -0.130. The van der Waals surface area contributed by atoms with Gasteiger partial charge in [-0.05, 0) is 32.4 Å². The smallest absolute Gasteiger partial charge is 0.150 e. The second kappa shape index (κ2) is 11.0. The summed E-state index contributed by atoms with van der Waals surface area (Å²) in [5.74, 6) is 0.543. The highest BCUT2D eigenvalue weighted by Crippen LogP contribution is 1.92. The second-order valence-electron chi connectivity index (χ2n) is 4.16. The van der Waals surface area contributed by atoms with E-state index in [1.807, 2.05) is 0 Å². The van der Waals surface area contributed by atoms with Gasteiger partial charge in [-0.15, -0.1) is 0 Å². The first-order valence-electron chi connectivity index (χ1n) is 6.61. The Kier molecular flexibility index (Phi) is 10.9. The van der Waals surface area contributed by atoms with Crippen molar-refractivity contribution in [1.82, 2.24) is 5.32 Å². The van der Waals surface area contributed by atoms with Crippen LogP contribution in [0.25, 0.3) is 0 Å². The van der Waals surface area contributed by atoms with Crippen molar-refractivity contribution in [3.63, 3.8) is 0 Å². The summed E-state index contributed by atoms with van der Waals surface area (Å²) in [5, 5.41) is 3.23. The Morgan fingerprint density at radius 1 is 1.00 bits per heavy atom. The summed E-state index contributed by atoms with van der Waals surface area (Å²) in [7, 11) is -2.79. The highest BCUT2D eigenvalue weighted by Gasteiger charge is 2.05. The molecule has 0 radical (unpaired) electrons. The lowest BCUT2D eigenvalue weighted by Gasteiger charge is -2.05. The van der Waals surface area contributed by atoms with E-state index in [1.165, 1.54) is 6.42 Å². The Balaban J connectivity index is 3.14. The van der Waals surface area contributed by atoms with Crippen LogP contribution in [0.3, 0.4) is 0 Å². The van der Waals surface area contributed by atoms with Gasteiger partial charge in [-0.1, -0.05) is 20.3 Å². The fourth-order valence-corrected chi connectivity index (χ4v) is 2.21. The van der Waals surface area contributed by atoms with E-state index in [0.29, 0.717) is 12.2 Å². The average Bonchev–Trinajstić information content (AvgIpc) is 2.31. The molecule has 0 saturated heterocycles. The van der Waals surface area contributed by atoms with E-state index >= 15 is 0 Å². The molecule has 0 aliphatic heterocycles. The molecular formula is C12H27NO3S. The zero-order chi connectivity index (χ0) is 13.0. The molecule has 0 heterocycles. The van der Waals surface area contributed by atoms with Crippen LogP contribution in [0.15, 0.2) is 0 Å². The maximum atomic E-state index is 11.2. The fraction of sp³-hybridized carbons (Fsp3) is 1.00. The Bertz CT molecular complexity index is 252. The second-order valence-corrected chi connectivity index (χ2v) is 6.63. The molecule has 4 nitrogen and oxygen atoms in total. The first-order valence-corrected chi connectivity index (χ1v) is 8.43. The normalized spacial score (nSPS) is 11.9. The molecule has 0 spiro atoms. The van der Waals surface area contributed by atoms with Crippen LogP contribution in [0.5, 0.6) is 0 Å². The van der Waals surface area contributed by atoms with Gasteiger partial charge in [-0.25, -0.2) is 8.42 Å². The van der Waals surface area contributed by atoms with Crippen LogP contribution >= 0.6 is 0 Å². The van der Waals surface area contributed by atoms with Crippen LogP contribution in [0.4, 0.5) is 0 Å². The SMILES string of the molecule is CCCCOCCCNCCCS(=O)(=O)CC. The van der Waals surface area contributed by atoms with Crippen molar-refractivity contribution < 1.29 is 13.2 Å². The van der Waals surface area contributed by atoms with Gasteiger partial charge in [-0.3, -0.25) is 0 Å². The first kappa shape index (κ1) is 16.9. The van der Waals surface area contributed by atoms with Crippen molar-refractivity contribution >= 4 is 9.84 Å². The van der Waals surface area contributed by atoms with Crippen LogP contribution in [0, 0.1) is 0 Å². The summed E-state index contributed by atoms with van der Waals surface area (Å²) >= 11 is 0. The highest BCUT2D eigenvalue weighted by molar-refractivity contribution is 7.91. The Morgan fingerprint density at radius 3 is 2.29 bits per heavy atom. The molecule has 17 heavy (non-hydrogen) atoms. The van der Waals surface area contributed by atoms with Gasteiger partial charge in [0.15, 0.2) is 0 Å². The fourth-order valence-electron chi connectivity index (χ4n) is 1.33. The van der Waals surface area contributed by atoms with E-state index in [2.05, 4.69) is 12.2 Å². The molecular weight excluding hydrogens is 238 g/mol. The quantitative estimate of drug-likeness (QED) is 0.545. The van der Waals surface area contributed by atoms with Gasteiger partial charge in [0.05, 0.1) is 5.75 Å². The molecule has 5 heteroatoms. The molecule has 0 aliphatic rings. The third-order valence-corrected chi connectivity index (χ3v) is 4.32. The minimum absolute atomic E-state index is 0.248. The third kappa shape index (κ3) is 12.1. The maximum absolute atomic E-state index is 11.2. The molecule has 0 aliphatic carbocycles. The van der Waals surface area contributed by atoms with E-state index in [4.69, 9.17) is 4.74 Å². The molecule has 0 fully saturated rings. The average molecular weight is 265 g/mol. The topological polar surface area (TPSA) is 55.4 Å². The van der Waals surface area contributed by atoms with Gasteiger partial charge >= 0.3 is 0 Å². The summed E-state index contributed by atoms with van der Waals surface area (Å²) in [6.45, 7) is 7.16. The summed E-state index contributed by atoms with van der Waals surface area (Å²) in [4.78, 5) is 0. The Morgan fingerprint density at radius 2 is 1.65 bits per heavy atom. The lowest BCUT2D eigenvalue weighted by atomic mass is 10.3. The molecule has 0 aromatic carbocycles. The lowest BCUT2D eigenvalue weighted by Crippen LogP contribution is -2.21. The maximum Gasteiger partial charge on any atom is 0.150 e. The van der Waals surface area contributed by atoms with E-state index in [9.17, 15) is 8.42 Å². The zero-order valence-corrected chi connectivity index (χ0v) is 12.0. The predicted molar refractivity (Wildman–Crippen MR) is 72.2 cm³/mol. The number of unbranched alkanes of at least 4 members (excludes halogenated alkanes) is 1. The number of ether oxygens (including phenoxy) is 1. The molecule has 0 saturated carbocycles. The van der Waals surface area contributed by atoms with Crippen molar-refractivity contribution in [3.8, 4) is 0 Å². The highest BCUT2D eigenvalue weighted by atomic mass is 32.2. The van der Waals surface area contributed by atoms with Crippen LogP contribution in [0.2, 0.25) is 0 Å². The number of sulfone groups is 1. The first-order chi connectivity index (χ1) is 8.12. The number of rotatable bonds is 12. The van der Waals surface area contributed by atoms with Gasteiger partial charge in [0.2, 0.25) is 0 Å². The summed E-state index contributed by atoms with van der Waals surface area (Å²) in [6, 6.07) is 0. The molecule has 0 aromatic rings. The zero-order valence-electron chi connectivity index (χ0n) is 11.2. The lowest BCUT2D eigenvalue weighted by molar-refractivity contribution is 0.129. The van der Waals surface area contributed by atoms with Crippen molar-refractivity contribution in [2.75, 3.05) is 37.8 Å². The molecule has 104 valence electrons. The van der Waals surface area contributed by atoms with Crippen molar-refractivity contribution in [2.24, 2.45) is 0 Å². The molecule has 0 atom stereocenters. The van der Waals surface area contributed by atoms with E-state index in [0.717, 1.165) is 39.1 Å². The van der Waals surface area contributed by atoms with Gasteiger partial charge in [-0.2, -0.15) is 0 Å². The van der Waals surface area contributed by atoms with Crippen molar-refractivity contribution in [3.05, 3.63) is 0 Å². The van der Waals surface area contributed by atoms with E-state index < -0.39 is 9.84 Å². The van der Waals surface area contributed by atoms with Crippen LogP contribution < -0.4 is 5.32 Å². The van der Waals surface area contributed by atoms with Gasteiger partial charge in [0, 0.05) is 19.0 Å². The van der Waals surface area contributed by atoms with Crippen LogP contribution in [-0.2, 0) is 14.6 Å². The minimum atomic E-state index is -2.79. The molecule has 1 N–H and O–H groups in total. The number of hydrogen-bond acceptors (Lipinski definition) is 4. The standard InChI is InChI=1S/C12H27NO3S/c1-3-5-10-16-11-6-8-13-9-7-12-17(14,15)4-2/h13H,3-12H2,1-2H3. The molecule has 0 unspecified atom stereocenters. The molecule has 0 aromatic heterocycles. The predicted octanol–water partition coefficient (Wildman–Crippen LogP) is 1.61. The minimum Gasteiger partial charge on any atom is -0.381 e. The van der Waals surface area contributed by atoms with Gasteiger partial charge in [0.1, 0.15) is 9.84 Å². The summed E-state index contributed by atoms with van der Waals surface area (Å²) < 4.78 is 27.8. The third-order valence-electron chi connectivity index (χ3n) is 2.53. The molecule has 0 rings (SSSR count). The van der Waals surface area contributed by atoms with Crippen LogP contribution in [0.1, 0.15) is 39.5 Å². The van der Waals surface area contributed by atoms with Crippen molar-refractivity contribution in [2.45, 2.75) is 39.5 Å². The van der Waals surface area contributed by atoms with Crippen molar-refractivity contribution in [1.29, 1.82) is 0 Å². The van der Waals surface area contributed by atoms with Gasteiger partial charge < -0.3 is 10.1 Å². The molecule has 0 bridgehead atoms.